The van der Waals surface area contributed by atoms with Crippen LogP contribution >= 0.6 is 27.5 Å². The highest BCUT2D eigenvalue weighted by molar-refractivity contribution is 9.10. The molecule has 0 aliphatic rings. The molecule has 0 spiro atoms. The molecular weight excluding hydrogens is 314 g/mol. The number of aromatic nitrogens is 2. The molecular formula is C13H15BrClN3. The van der Waals surface area contributed by atoms with Crippen LogP contribution < -0.4 is 5.32 Å². The summed E-state index contributed by atoms with van der Waals surface area (Å²) in [5, 5.41) is 4.23. The van der Waals surface area contributed by atoms with E-state index in [1.165, 1.54) is 0 Å². The molecule has 0 bridgehead atoms. The van der Waals surface area contributed by atoms with Gasteiger partial charge in [0.1, 0.15) is 0 Å². The molecule has 0 fully saturated rings. The van der Waals surface area contributed by atoms with Crippen molar-refractivity contribution in [3.63, 3.8) is 0 Å². The first-order valence-electron chi connectivity index (χ1n) is 5.81. The number of hydrogen-bond acceptors (Lipinski definition) is 2. The fraction of sp³-hybridized carbons (Fsp3) is 0.308. The fourth-order valence-corrected chi connectivity index (χ4v) is 2.63. The molecule has 1 aromatic carbocycles. The minimum Gasteiger partial charge on any atom is -0.336 e. The third-order valence-electron chi connectivity index (χ3n) is 2.81. The van der Waals surface area contributed by atoms with Crippen molar-refractivity contribution in [2.45, 2.75) is 19.5 Å². The summed E-state index contributed by atoms with van der Waals surface area (Å²) in [5.41, 5.74) is 1.12. The molecule has 0 aliphatic carbocycles. The predicted octanol–water partition coefficient (Wildman–Crippen LogP) is 3.65. The molecule has 1 unspecified atom stereocenters. The Morgan fingerprint density at radius 3 is 3.00 bits per heavy atom. The van der Waals surface area contributed by atoms with E-state index in [4.69, 9.17) is 11.6 Å². The van der Waals surface area contributed by atoms with Gasteiger partial charge in [0.15, 0.2) is 0 Å². The van der Waals surface area contributed by atoms with Crippen LogP contribution in [0.3, 0.4) is 0 Å². The molecule has 0 amide bonds. The summed E-state index contributed by atoms with van der Waals surface area (Å²) in [7, 11) is 0. The van der Waals surface area contributed by atoms with Gasteiger partial charge in [-0.2, -0.15) is 0 Å². The smallest absolute Gasteiger partial charge is 0.0946 e. The second-order valence-corrected chi connectivity index (χ2v) is 5.47. The average molecular weight is 329 g/mol. The molecule has 1 atom stereocenters. The zero-order valence-electron chi connectivity index (χ0n) is 10.1. The first-order chi connectivity index (χ1) is 8.66. The van der Waals surface area contributed by atoms with Crippen LogP contribution in [0.15, 0.2) is 41.4 Å². The van der Waals surface area contributed by atoms with Gasteiger partial charge in [-0.1, -0.05) is 33.6 Å². The zero-order valence-corrected chi connectivity index (χ0v) is 12.4. The van der Waals surface area contributed by atoms with E-state index in [-0.39, 0.29) is 6.04 Å². The summed E-state index contributed by atoms with van der Waals surface area (Å²) < 4.78 is 3.05. The zero-order chi connectivity index (χ0) is 13.0. The van der Waals surface area contributed by atoms with E-state index in [0.717, 1.165) is 28.1 Å². The largest absolute Gasteiger partial charge is 0.336 e. The number of halogens is 2. The molecule has 0 aliphatic heterocycles. The van der Waals surface area contributed by atoms with Gasteiger partial charge in [0.2, 0.25) is 0 Å². The van der Waals surface area contributed by atoms with Gasteiger partial charge in [-0.05, 0) is 24.6 Å². The van der Waals surface area contributed by atoms with Gasteiger partial charge in [-0.15, -0.1) is 0 Å². The molecule has 0 saturated carbocycles. The van der Waals surface area contributed by atoms with E-state index in [2.05, 4.69) is 33.2 Å². The number of benzene rings is 1. The Kier molecular flexibility index (Phi) is 4.80. The molecule has 3 nitrogen and oxygen atoms in total. The van der Waals surface area contributed by atoms with Gasteiger partial charge in [-0.3, -0.25) is 0 Å². The second-order valence-electron chi connectivity index (χ2n) is 4.14. The maximum Gasteiger partial charge on any atom is 0.0946 e. The molecule has 18 heavy (non-hydrogen) atoms. The van der Waals surface area contributed by atoms with E-state index in [0.29, 0.717) is 0 Å². The van der Waals surface area contributed by atoms with Crippen LogP contribution in [-0.2, 0) is 6.54 Å². The Labute approximate surface area is 120 Å². The van der Waals surface area contributed by atoms with Gasteiger partial charge < -0.3 is 9.88 Å². The van der Waals surface area contributed by atoms with Crippen LogP contribution in [0, 0.1) is 0 Å². The lowest BCUT2D eigenvalue weighted by atomic mass is 10.1. The first kappa shape index (κ1) is 13.6. The predicted molar refractivity (Wildman–Crippen MR) is 77.8 cm³/mol. The van der Waals surface area contributed by atoms with Crippen molar-refractivity contribution in [3.05, 3.63) is 52.0 Å². The summed E-state index contributed by atoms with van der Waals surface area (Å²) in [4.78, 5) is 4.01. The minimum absolute atomic E-state index is 0.231. The molecule has 96 valence electrons. The Hall–Kier alpha value is -0.840. The van der Waals surface area contributed by atoms with Crippen LogP contribution in [0.1, 0.15) is 18.5 Å². The lowest BCUT2D eigenvalue weighted by molar-refractivity contribution is 0.531. The summed E-state index contributed by atoms with van der Waals surface area (Å²) in [6.45, 7) is 3.89. The van der Waals surface area contributed by atoms with E-state index >= 15 is 0 Å². The maximum absolute atomic E-state index is 6.22. The number of nitrogens with one attached hydrogen (secondary N) is 1. The van der Waals surface area contributed by atoms with Gasteiger partial charge in [0, 0.05) is 41.0 Å². The normalized spacial score (nSPS) is 12.6. The molecule has 2 aromatic rings. The Morgan fingerprint density at radius 2 is 2.33 bits per heavy atom. The van der Waals surface area contributed by atoms with Crippen LogP contribution in [-0.4, -0.2) is 16.1 Å². The van der Waals surface area contributed by atoms with Crippen LogP contribution in [0.25, 0.3) is 0 Å². The number of imidazole rings is 1. The Morgan fingerprint density at radius 1 is 1.50 bits per heavy atom. The topological polar surface area (TPSA) is 29.9 Å². The number of nitrogens with zero attached hydrogens (tertiary/aromatic N) is 2. The number of hydrogen-bond donors (Lipinski definition) is 1. The van der Waals surface area contributed by atoms with Gasteiger partial charge in [0.25, 0.3) is 0 Å². The minimum atomic E-state index is 0.231. The Bertz CT molecular complexity index is 499. The van der Waals surface area contributed by atoms with E-state index in [1.54, 1.807) is 6.20 Å². The molecule has 1 N–H and O–H groups in total. The Balaban J connectivity index is 1.89. The van der Waals surface area contributed by atoms with Crippen molar-refractivity contribution in [2.75, 3.05) is 6.54 Å². The van der Waals surface area contributed by atoms with Crippen LogP contribution in [0.2, 0.25) is 5.02 Å². The quantitative estimate of drug-likeness (QED) is 0.908. The second kappa shape index (κ2) is 6.36. The van der Waals surface area contributed by atoms with Crippen molar-refractivity contribution in [2.24, 2.45) is 0 Å². The maximum atomic E-state index is 6.22. The summed E-state index contributed by atoms with van der Waals surface area (Å²) in [6.07, 6.45) is 5.56. The van der Waals surface area contributed by atoms with Crippen molar-refractivity contribution in [3.8, 4) is 0 Å². The lowest BCUT2D eigenvalue weighted by Crippen LogP contribution is -2.23. The van der Waals surface area contributed by atoms with Gasteiger partial charge in [-0.25, -0.2) is 4.98 Å². The fourth-order valence-electron chi connectivity index (χ4n) is 1.79. The standard InChI is InChI=1S/C13H15BrClN3/c1-10(12-3-2-11(14)8-13(12)15)17-5-7-18-6-4-16-9-18/h2-4,6,8-10,17H,5,7H2,1H3. The van der Waals surface area contributed by atoms with E-state index in [9.17, 15) is 0 Å². The van der Waals surface area contributed by atoms with Crippen molar-refractivity contribution < 1.29 is 0 Å². The molecule has 1 heterocycles. The van der Waals surface area contributed by atoms with E-state index < -0.39 is 0 Å². The molecule has 0 saturated heterocycles. The summed E-state index contributed by atoms with van der Waals surface area (Å²) in [5.74, 6) is 0. The monoisotopic (exact) mass is 327 g/mol. The van der Waals surface area contributed by atoms with Crippen molar-refractivity contribution >= 4 is 27.5 Å². The highest BCUT2D eigenvalue weighted by atomic mass is 79.9. The van der Waals surface area contributed by atoms with Crippen molar-refractivity contribution in [1.29, 1.82) is 0 Å². The molecule has 0 radical (unpaired) electrons. The molecule has 1 aromatic heterocycles. The third kappa shape index (κ3) is 3.57. The first-order valence-corrected chi connectivity index (χ1v) is 6.98. The highest BCUT2D eigenvalue weighted by Crippen LogP contribution is 2.26. The summed E-state index contributed by atoms with van der Waals surface area (Å²) in [6, 6.07) is 6.20. The molecule has 2 rings (SSSR count). The average Bonchev–Trinajstić information content (AvgIpc) is 2.81. The van der Waals surface area contributed by atoms with Crippen molar-refractivity contribution in [1.82, 2.24) is 14.9 Å². The highest BCUT2D eigenvalue weighted by Gasteiger charge is 2.08. The molecule has 5 heteroatoms. The van der Waals surface area contributed by atoms with Gasteiger partial charge in [0.05, 0.1) is 6.33 Å². The van der Waals surface area contributed by atoms with E-state index in [1.807, 2.05) is 35.3 Å². The number of rotatable bonds is 5. The van der Waals surface area contributed by atoms with Gasteiger partial charge >= 0.3 is 0 Å². The summed E-state index contributed by atoms with van der Waals surface area (Å²) >= 11 is 9.63. The third-order valence-corrected chi connectivity index (χ3v) is 3.63. The SMILES string of the molecule is CC(NCCn1ccnc1)c1ccc(Br)cc1Cl. The van der Waals surface area contributed by atoms with Crippen LogP contribution in [0.4, 0.5) is 0 Å². The van der Waals surface area contributed by atoms with Crippen LogP contribution in [0.5, 0.6) is 0 Å². The lowest BCUT2D eigenvalue weighted by Gasteiger charge is -2.16.